The molecule has 3 N–H and O–H groups in total. The van der Waals surface area contributed by atoms with Crippen molar-refractivity contribution in [2.24, 2.45) is 5.92 Å². The van der Waals surface area contributed by atoms with Gasteiger partial charge in [0.05, 0.1) is 7.11 Å². The molecule has 0 saturated carbocycles. The fourth-order valence-electron chi connectivity index (χ4n) is 1.63. The number of thioether (sulfide) groups is 1. The van der Waals surface area contributed by atoms with Crippen molar-refractivity contribution in [1.29, 1.82) is 0 Å². The first-order valence-electron chi connectivity index (χ1n) is 5.28. The molecule has 1 unspecified atom stereocenters. The zero-order valence-electron chi connectivity index (χ0n) is 9.27. The minimum Gasteiger partial charge on any atom is -0.481 e. The van der Waals surface area contributed by atoms with E-state index in [0.29, 0.717) is 5.88 Å². The minimum atomic E-state index is 0.239. The molecule has 16 heavy (non-hydrogen) atoms. The fraction of sp³-hybridized carbons (Fsp3) is 0.600. The number of methoxy groups -OCH3 is 1. The van der Waals surface area contributed by atoms with Crippen LogP contribution in [0.1, 0.15) is 6.42 Å². The highest BCUT2D eigenvalue weighted by Gasteiger charge is 2.15. The number of rotatable bonds is 4. The molecule has 0 aromatic carbocycles. The van der Waals surface area contributed by atoms with E-state index < -0.39 is 0 Å². The van der Waals surface area contributed by atoms with E-state index in [1.165, 1.54) is 17.9 Å². The number of ether oxygens (including phenoxy) is 1. The third-order valence-corrected chi connectivity index (χ3v) is 3.76. The summed E-state index contributed by atoms with van der Waals surface area (Å²) in [5, 5.41) is 3.28. The van der Waals surface area contributed by atoms with Crippen LogP contribution in [0.25, 0.3) is 0 Å². The van der Waals surface area contributed by atoms with Gasteiger partial charge in [0.1, 0.15) is 5.82 Å². The Morgan fingerprint density at radius 3 is 3.19 bits per heavy atom. The van der Waals surface area contributed by atoms with Crippen LogP contribution in [0.5, 0.6) is 5.88 Å². The van der Waals surface area contributed by atoms with Gasteiger partial charge in [-0.25, -0.2) is 0 Å². The lowest BCUT2D eigenvalue weighted by Gasteiger charge is -2.11. The molecule has 0 amide bonds. The Morgan fingerprint density at radius 2 is 2.50 bits per heavy atom. The van der Waals surface area contributed by atoms with Gasteiger partial charge in [0.2, 0.25) is 11.8 Å². The van der Waals surface area contributed by atoms with Crippen LogP contribution in [0.3, 0.4) is 0 Å². The van der Waals surface area contributed by atoms with E-state index >= 15 is 0 Å². The average molecular weight is 240 g/mol. The van der Waals surface area contributed by atoms with Gasteiger partial charge in [0.25, 0.3) is 0 Å². The summed E-state index contributed by atoms with van der Waals surface area (Å²) in [5.41, 5.74) is 5.57. The SMILES string of the molecule is COc1cc(NCC2CCSC2)nc(N)n1. The first kappa shape index (κ1) is 11.3. The van der Waals surface area contributed by atoms with Crippen molar-refractivity contribution >= 4 is 23.5 Å². The highest BCUT2D eigenvalue weighted by Crippen LogP contribution is 2.24. The van der Waals surface area contributed by atoms with Crippen molar-refractivity contribution in [3.05, 3.63) is 6.07 Å². The third-order valence-electron chi connectivity index (χ3n) is 2.52. The molecule has 1 aliphatic heterocycles. The second-order valence-electron chi connectivity index (χ2n) is 3.76. The zero-order valence-corrected chi connectivity index (χ0v) is 10.1. The van der Waals surface area contributed by atoms with E-state index in [-0.39, 0.29) is 5.95 Å². The number of nitrogens with zero attached hydrogens (tertiary/aromatic N) is 2. The molecular formula is C10H16N4OS. The Kier molecular flexibility index (Phi) is 3.71. The maximum Gasteiger partial charge on any atom is 0.225 e. The first-order valence-corrected chi connectivity index (χ1v) is 6.43. The molecule has 5 nitrogen and oxygen atoms in total. The summed E-state index contributed by atoms with van der Waals surface area (Å²) in [4.78, 5) is 8.04. The van der Waals surface area contributed by atoms with Gasteiger partial charge < -0.3 is 15.8 Å². The second kappa shape index (κ2) is 5.25. The van der Waals surface area contributed by atoms with Gasteiger partial charge in [-0.2, -0.15) is 21.7 Å². The first-order chi connectivity index (χ1) is 7.78. The van der Waals surface area contributed by atoms with Gasteiger partial charge in [-0.15, -0.1) is 0 Å². The lowest BCUT2D eigenvalue weighted by molar-refractivity contribution is 0.398. The van der Waals surface area contributed by atoms with Crippen LogP contribution in [0.4, 0.5) is 11.8 Å². The summed E-state index contributed by atoms with van der Waals surface area (Å²) in [7, 11) is 1.57. The quantitative estimate of drug-likeness (QED) is 0.824. The van der Waals surface area contributed by atoms with Crippen LogP contribution in [-0.4, -0.2) is 35.1 Å². The largest absolute Gasteiger partial charge is 0.481 e. The molecular weight excluding hydrogens is 224 g/mol. The summed E-state index contributed by atoms with van der Waals surface area (Å²) in [6.45, 7) is 0.937. The Hall–Kier alpha value is -1.17. The van der Waals surface area contributed by atoms with Crippen LogP contribution in [0, 0.1) is 5.92 Å². The normalized spacial score (nSPS) is 19.7. The van der Waals surface area contributed by atoms with Crippen LogP contribution in [-0.2, 0) is 0 Å². The smallest absolute Gasteiger partial charge is 0.225 e. The van der Waals surface area contributed by atoms with Gasteiger partial charge >= 0.3 is 0 Å². The average Bonchev–Trinajstić information content (AvgIpc) is 2.78. The topological polar surface area (TPSA) is 73.1 Å². The Morgan fingerprint density at radius 1 is 1.62 bits per heavy atom. The zero-order chi connectivity index (χ0) is 11.4. The summed E-state index contributed by atoms with van der Waals surface area (Å²) in [6, 6.07) is 1.76. The molecule has 2 rings (SSSR count). The van der Waals surface area contributed by atoms with Crippen molar-refractivity contribution in [2.75, 3.05) is 36.2 Å². The number of nitrogens with one attached hydrogen (secondary N) is 1. The van der Waals surface area contributed by atoms with Crippen LogP contribution in [0.15, 0.2) is 6.07 Å². The van der Waals surface area contributed by atoms with Gasteiger partial charge in [-0.05, 0) is 23.8 Å². The van der Waals surface area contributed by atoms with E-state index in [9.17, 15) is 0 Å². The number of nitrogen functional groups attached to an aromatic ring is 1. The summed E-state index contributed by atoms with van der Waals surface area (Å²) >= 11 is 2.01. The predicted molar refractivity (Wildman–Crippen MR) is 66.9 cm³/mol. The van der Waals surface area contributed by atoms with E-state index in [4.69, 9.17) is 10.5 Å². The summed E-state index contributed by atoms with van der Waals surface area (Å²) in [5.74, 6) is 4.69. The molecule has 1 aromatic heterocycles. The number of hydrogen-bond donors (Lipinski definition) is 2. The van der Waals surface area contributed by atoms with Gasteiger partial charge in [-0.3, -0.25) is 0 Å². The molecule has 0 spiro atoms. The van der Waals surface area contributed by atoms with E-state index in [1.54, 1.807) is 13.2 Å². The van der Waals surface area contributed by atoms with Crippen molar-refractivity contribution in [2.45, 2.75) is 6.42 Å². The molecule has 1 atom stereocenters. The van der Waals surface area contributed by atoms with Crippen molar-refractivity contribution in [1.82, 2.24) is 9.97 Å². The number of nitrogens with two attached hydrogens (primary N) is 1. The minimum absolute atomic E-state index is 0.239. The Labute approximate surface area is 99.2 Å². The van der Waals surface area contributed by atoms with Gasteiger partial charge in [0, 0.05) is 12.6 Å². The molecule has 1 fully saturated rings. The molecule has 1 aromatic rings. The number of hydrogen-bond acceptors (Lipinski definition) is 6. The summed E-state index contributed by atoms with van der Waals surface area (Å²) in [6.07, 6.45) is 1.27. The molecule has 88 valence electrons. The van der Waals surface area contributed by atoms with Crippen LogP contribution in [0.2, 0.25) is 0 Å². The molecule has 1 aliphatic rings. The lowest BCUT2D eigenvalue weighted by Crippen LogP contribution is -2.15. The Bertz CT molecular complexity index is 355. The molecule has 0 radical (unpaired) electrons. The highest BCUT2D eigenvalue weighted by atomic mass is 32.2. The highest BCUT2D eigenvalue weighted by molar-refractivity contribution is 7.99. The Balaban J connectivity index is 1.94. The van der Waals surface area contributed by atoms with Crippen LogP contribution >= 0.6 is 11.8 Å². The maximum absolute atomic E-state index is 5.57. The lowest BCUT2D eigenvalue weighted by atomic mass is 10.1. The van der Waals surface area contributed by atoms with Crippen molar-refractivity contribution in [3.8, 4) is 5.88 Å². The molecule has 0 bridgehead atoms. The molecule has 1 saturated heterocycles. The maximum atomic E-state index is 5.57. The van der Waals surface area contributed by atoms with E-state index in [1.807, 2.05) is 11.8 Å². The van der Waals surface area contributed by atoms with Crippen LogP contribution < -0.4 is 15.8 Å². The molecule has 0 aliphatic carbocycles. The van der Waals surface area contributed by atoms with Gasteiger partial charge in [0.15, 0.2) is 0 Å². The second-order valence-corrected chi connectivity index (χ2v) is 4.91. The molecule has 6 heteroatoms. The number of aromatic nitrogens is 2. The number of anilines is 2. The van der Waals surface area contributed by atoms with E-state index in [2.05, 4.69) is 15.3 Å². The molecule has 2 heterocycles. The monoisotopic (exact) mass is 240 g/mol. The van der Waals surface area contributed by atoms with Crippen molar-refractivity contribution in [3.63, 3.8) is 0 Å². The predicted octanol–water partition coefficient (Wildman–Crippen LogP) is 1.23. The van der Waals surface area contributed by atoms with E-state index in [0.717, 1.165) is 18.3 Å². The summed E-state index contributed by atoms with van der Waals surface area (Å²) < 4.78 is 5.03. The van der Waals surface area contributed by atoms with Crippen molar-refractivity contribution < 1.29 is 4.74 Å². The third kappa shape index (κ3) is 2.91. The van der Waals surface area contributed by atoms with Gasteiger partial charge in [-0.1, -0.05) is 0 Å². The fourth-order valence-corrected chi connectivity index (χ4v) is 2.92. The standard InChI is InChI=1S/C10H16N4OS/c1-15-9-4-8(13-10(11)14-9)12-5-7-2-3-16-6-7/h4,7H,2-3,5-6H2,1H3,(H3,11,12,13,14).